The summed E-state index contributed by atoms with van der Waals surface area (Å²) in [6.07, 6.45) is -2.39. The van der Waals surface area contributed by atoms with E-state index in [0.29, 0.717) is 12.1 Å². The van der Waals surface area contributed by atoms with Crippen LogP contribution in [-0.2, 0) is 37.3 Å². The molecule has 0 aromatic heterocycles. The summed E-state index contributed by atoms with van der Waals surface area (Å²) in [5.74, 6) is -2.34. The lowest BCUT2D eigenvalue weighted by Crippen LogP contribution is -2.48. The Labute approximate surface area is 314 Å². The second kappa shape index (κ2) is 17.8. The number of hydrogen-bond acceptors (Lipinski definition) is 8. The molecule has 0 spiro atoms. The summed E-state index contributed by atoms with van der Waals surface area (Å²) in [7, 11) is -1.22. The first kappa shape index (κ1) is 40.0. The number of nitrogens with zero attached hydrogens (tertiary/aromatic N) is 1. The number of carbonyl (C=O) groups excluding carboxylic acids is 3. The minimum absolute atomic E-state index is 0.0396. The minimum Gasteiger partial charge on any atom is -0.391 e. The van der Waals surface area contributed by atoms with Gasteiger partial charge in [-0.15, -0.1) is 0 Å². The van der Waals surface area contributed by atoms with Crippen LogP contribution in [0.4, 0.5) is 15.8 Å². The Morgan fingerprint density at radius 1 is 0.963 bits per heavy atom. The molecule has 5 rings (SSSR count). The van der Waals surface area contributed by atoms with Gasteiger partial charge in [0.05, 0.1) is 42.3 Å². The predicted molar refractivity (Wildman–Crippen MR) is 203 cm³/mol. The van der Waals surface area contributed by atoms with Crippen molar-refractivity contribution in [2.45, 2.75) is 62.8 Å². The average Bonchev–Trinajstić information content (AvgIpc) is 3.16. The van der Waals surface area contributed by atoms with Gasteiger partial charge in [0.15, 0.2) is 0 Å². The smallest absolute Gasteiger partial charge is 0.253 e. The zero-order valence-corrected chi connectivity index (χ0v) is 31.3. The van der Waals surface area contributed by atoms with Gasteiger partial charge < -0.3 is 30.5 Å². The van der Waals surface area contributed by atoms with Crippen LogP contribution in [0.25, 0.3) is 0 Å². The second-order valence-electron chi connectivity index (χ2n) is 13.4. The molecule has 4 bridgehead atoms. The van der Waals surface area contributed by atoms with Crippen LogP contribution in [0.5, 0.6) is 0 Å². The molecule has 4 N–H and O–H groups in total. The number of fused-ring (bicyclic) bond motifs is 4. The van der Waals surface area contributed by atoms with E-state index in [1.807, 2.05) is 54.6 Å². The Bertz CT molecular complexity index is 2050. The first-order chi connectivity index (χ1) is 25.7. The lowest BCUT2D eigenvalue weighted by Gasteiger charge is -2.27. The molecule has 1 heterocycles. The van der Waals surface area contributed by atoms with Crippen molar-refractivity contribution in [1.29, 1.82) is 0 Å². The number of carbonyl (C=O) groups is 3. The SMILES string of the molecule is CO[C@H](CC(O)[C@@H]1COCc2cccc(c2)C(Cc2ccccc2)NC(=O)c2cc(cc(N(C)S(=O)(=O)C(C)C)c2)C(=O)N1)C(=O)Nc1ccc(F)cc1. The van der Waals surface area contributed by atoms with Crippen LogP contribution in [0.15, 0.2) is 97.1 Å². The van der Waals surface area contributed by atoms with E-state index in [4.69, 9.17) is 9.47 Å². The summed E-state index contributed by atoms with van der Waals surface area (Å²) >= 11 is 0. The van der Waals surface area contributed by atoms with E-state index >= 15 is 0 Å². The van der Waals surface area contributed by atoms with Crippen LogP contribution in [0.1, 0.15) is 63.7 Å². The quantitative estimate of drug-likeness (QED) is 0.170. The maximum absolute atomic E-state index is 14.1. The summed E-state index contributed by atoms with van der Waals surface area (Å²) in [6, 6.07) is 24.8. The number of nitrogens with one attached hydrogen (secondary N) is 3. The molecule has 0 radical (unpaired) electrons. The Kier molecular flexibility index (Phi) is 13.2. The zero-order valence-electron chi connectivity index (χ0n) is 30.5. The molecule has 4 aromatic rings. The van der Waals surface area contributed by atoms with E-state index in [9.17, 15) is 32.3 Å². The molecule has 14 heteroatoms. The van der Waals surface area contributed by atoms with Gasteiger partial charge in [-0.1, -0.05) is 54.6 Å². The minimum atomic E-state index is -3.87. The van der Waals surface area contributed by atoms with Gasteiger partial charge >= 0.3 is 0 Å². The van der Waals surface area contributed by atoms with Gasteiger partial charge in [-0.05, 0) is 79.4 Å². The molecule has 2 unspecified atom stereocenters. The highest BCUT2D eigenvalue weighted by Crippen LogP contribution is 2.26. The molecule has 0 saturated heterocycles. The number of methoxy groups -OCH3 is 1. The molecular weight excluding hydrogens is 716 g/mol. The number of benzene rings is 4. The highest BCUT2D eigenvalue weighted by molar-refractivity contribution is 7.93. The number of ether oxygens (including phenoxy) is 2. The van der Waals surface area contributed by atoms with Crippen LogP contribution in [0, 0.1) is 5.82 Å². The molecular formula is C40H45FN4O8S. The Balaban J connectivity index is 1.51. The highest BCUT2D eigenvalue weighted by Gasteiger charge is 2.31. The summed E-state index contributed by atoms with van der Waals surface area (Å²) < 4.78 is 52.4. The number of aliphatic hydroxyl groups is 1. The Morgan fingerprint density at radius 2 is 1.63 bits per heavy atom. The van der Waals surface area contributed by atoms with Crippen LogP contribution in [-0.4, -0.2) is 75.5 Å². The van der Waals surface area contributed by atoms with Crippen molar-refractivity contribution in [2.75, 3.05) is 30.4 Å². The van der Waals surface area contributed by atoms with Crippen molar-refractivity contribution < 1.29 is 41.8 Å². The molecule has 4 atom stereocenters. The lowest BCUT2D eigenvalue weighted by molar-refractivity contribution is -0.128. The number of anilines is 2. The first-order valence-electron chi connectivity index (χ1n) is 17.5. The normalized spacial score (nSPS) is 17.7. The third kappa shape index (κ3) is 10.1. The van der Waals surface area contributed by atoms with Gasteiger partial charge in [-0.2, -0.15) is 0 Å². The van der Waals surface area contributed by atoms with Gasteiger partial charge in [0.2, 0.25) is 10.0 Å². The van der Waals surface area contributed by atoms with E-state index in [2.05, 4.69) is 16.0 Å². The number of hydrogen-bond donors (Lipinski definition) is 4. The number of aliphatic hydroxyl groups excluding tert-OH is 1. The molecule has 12 nitrogen and oxygen atoms in total. The van der Waals surface area contributed by atoms with Crippen molar-refractivity contribution in [3.63, 3.8) is 0 Å². The number of halogens is 1. The van der Waals surface area contributed by atoms with Gasteiger partial charge in [-0.25, -0.2) is 12.8 Å². The van der Waals surface area contributed by atoms with Gasteiger partial charge in [-0.3, -0.25) is 18.7 Å². The Morgan fingerprint density at radius 3 is 2.28 bits per heavy atom. The number of rotatable bonds is 11. The van der Waals surface area contributed by atoms with Gasteiger partial charge in [0, 0.05) is 37.4 Å². The monoisotopic (exact) mass is 760 g/mol. The summed E-state index contributed by atoms with van der Waals surface area (Å²) in [6.45, 7) is 2.96. The second-order valence-corrected chi connectivity index (χ2v) is 15.9. The van der Waals surface area contributed by atoms with Crippen molar-refractivity contribution >= 4 is 39.1 Å². The third-order valence-electron chi connectivity index (χ3n) is 9.22. The third-order valence-corrected chi connectivity index (χ3v) is 11.4. The summed E-state index contributed by atoms with van der Waals surface area (Å²) in [4.78, 5) is 41.1. The van der Waals surface area contributed by atoms with Crippen LogP contribution in [0.2, 0.25) is 0 Å². The Hall–Kier alpha value is -5.15. The molecule has 1 aliphatic rings. The number of amides is 3. The molecule has 0 aliphatic carbocycles. The predicted octanol–water partition coefficient (Wildman–Crippen LogP) is 4.75. The molecule has 286 valence electrons. The molecule has 0 saturated carbocycles. The zero-order chi connectivity index (χ0) is 39.0. The van der Waals surface area contributed by atoms with Crippen molar-refractivity contribution in [3.05, 3.63) is 131 Å². The fraction of sp³-hybridized carbons (Fsp3) is 0.325. The van der Waals surface area contributed by atoms with Crippen molar-refractivity contribution in [2.24, 2.45) is 0 Å². The average molecular weight is 761 g/mol. The van der Waals surface area contributed by atoms with Gasteiger partial charge in [0.25, 0.3) is 17.7 Å². The van der Waals surface area contributed by atoms with E-state index < -0.39 is 63.1 Å². The fourth-order valence-electron chi connectivity index (χ4n) is 6.02. The van der Waals surface area contributed by atoms with E-state index in [-0.39, 0.29) is 36.4 Å². The maximum atomic E-state index is 14.1. The molecule has 4 aromatic carbocycles. The first-order valence-corrected chi connectivity index (χ1v) is 19.0. The summed E-state index contributed by atoms with van der Waals surface area (Å²) in [5.41, 5.74) is 2.92. The van der Waals surface area contributed by atoms with Crippen molar-refractivity contribution in [3.8, 4) is 0 Å². The van der Waals surface area contributed by atoms with E-state index in [1.165, 1.54) is 70.5 Å². The van der Waals surface area contributed by atoms with Crippen molar-refractivity contribution in [1.82, 2.24) is 10.6 Å². The van der Waals surface area contributed by atoms with Crippen LogP contribution in [0.3, 0.4) is 0 Å². The maximum Gasteiger partial charge on any atom is 0.253 e. The van der Waals surface area contributed by atoms with E-state index in [1.54, 1.807) is 0 Å². The van der Waals surface area contributed by atoms with Gasteiger partial charge in [0.1, 0.15) is 11.9 Å². The topological polar surface area (TPSA) is 163 Å². The van der Waals surface area contributed by atoms with Crippen LogP contribution < -0.4 is 20.3 Å². The standard InChI is InChI=1S/C40H45FN4O8S/c1-25(2)54(50,51)45(3)33-20-29-19-30(21-33)39(48)44-35(36(46)22-37(52-4)40(49)42-32-15-13-31(41)14-16-32)24-53-23-27-11-8-12-28(17-27)34(43-38(29)47)18-26-9-6-5-7-10-26/h5-17,19-21,25,34-37,46H,18,22-24H2,1-4H3,(H,42,49)(H,43,47)(H,44,48)/t34?,35-,36?,37+/m0/s1. The molecule has 1 aliphatic heterocycles. The lowest BCUT2D eigenvalue weighted by atomic mass is 9.96. The highest BCUT2D eigenvalue weighted by atomic mass is 32.2. The largest absolute Gasteiger partial charge is 0.391 e. The number of sulfonamides is 1. The van der Waals surface area contributed by atoms with Crippen LogP contribution >= 0.6 is 0 Å². The molecule has 54 heavy (non-hydrogen) atoms. The molecule has 3 amide bonds. The molecule has 0 fully saturated rings. The summed E-state index contributed by atoms with van der Waals surface area (Å²) in [5, 5.41) is 19.2. The fourth-order valence-corrected chi connectivity index (χ4v) is 7.05. The van der Waals surface area contributed by atoms with E-state index in [0.717, 1.165) is 21.0 Å².